The Hall–Kier alpha value is 2.53. The predicted octanol–water partition coefficient (Wildman–Crippen LogP) is -3.47. The van der Waals surface area contributed by atoms with Crippen molar-refractivity contribution in [3.05, 3.63) is 0 Å². The molecule has 33 valence electrons. The van der Waals surface area contributed by atoms with Crippen molar-refractivity contribution >= 4 is 0 Å². The van der Waals surface area contributed by atoms with Crippen LogP contribution in [0.15, 0.2) is 0 Å². The molecular formula is CeLiO4Ti. The van der Waals surface area contributed by atoms with Crippen LogP contribution in [0.2, 0.25) is 0 Å². The maximum atomic E-state index is 0. The topological polar surface area (TPSA) is 114 Å². The summed E-state index contributed by atoms with van der Waals surface area (Å²) in [7, 11) is 0. The molecule has 0 N–H and O–H groups in total. The van der Waals surface area contributed by atoms with E-state index in [1.165, 1.54) is 0 Å². The molecule has 0 aliphatic heterocycles. The molecule has 0 aromatic rings. The molecule has 0 aromatic carbocycles. The summed E-state index contributed by atoms with van der Waals surface area (Å²) in [5.41, 5.74) is 0. The molecule has 1 radical (unpaired) electrons. The van der Waals surface area contributed by atoms with Crippen LogP contribution in [0.5, 0.6) is 0 Å². The third-order valence-electron chi connectivity index (χ3n) is 0. The van der Waals surface area contributed by atoms with E-state index in [-0.39, 0.29) is 104 Å². The monoisotopic (exact) mass is 259 g/mol. The van der Waals surface area contributed by atoms with E-state index in [1.807, 2.05) is 0 Å². The molecule has 0 aliphatic rings. The van der Waals surface area contributed by atoms with Crippen LogP contribution >= 0.6 is 0 Å². The van der Waals surface area contributed by atoms with E-state index in [0.29, 0.717) is 0 Å². The van der Waals surface area contributed by atoms with Crippen molar-refractivity contribution in [3.8, 4) is 0 Å². The second kappa shape index (κ2) is 75.6. The fourth-order valence-electron chi connectivity index (χ4n) is 0. The van der Waals surface area contributed by atoms with E-state index < -0.39 is 0 Å². The van der Waals surface area contributed by atoms with Crippen LogP contribution in [-0.2, 0) is 43.6 Å². The van der Waals surface area contributed by atoms with Crippen LogP contribution in [0.25, 0.3) is 0 Å². The molecule has 0 amide bonds. The van der Waals surface area contributed by atoms with Gasteiger partial charge in [-0.3, -0.25) is 0 Å². The molecule has 0 spiro atoms. The second-order valence-corrected chi connectivity index (χ2v) is 0. The fraction of sp³-hybridized carbons (Fsp3) is 0. The van der Waals surface area contributed by atoms with Crippen molar-refractivity contribution in [2.24, 2.45) is 0 Å². The van der Waals surface area contributed by atoms with E-state index in [9.17, 15) is 0 Å². The fourth-order valence-corrected chi connectivity index (χ4v) is 0. The van der Waals surface area contributed by atoms with Crippen molar-refractivity contribution < 1.29 is 104 Å². The average molecular weight is 259 g/mol. The zero-order valence-corrected chi connectivity index (χ0v) is 8.33. The summed E-state index contributed by atoms with van der Waals surface area (Å²) < 4.78 is 0. The largest absolute Gasteiger partial charge is 4.00 e. The molecule has 0 bridgehead atoms. The van der Waals surface area contributed by atoms with Gasteiger partial charge in [-0.05, 0) is 0 Å². The second-order valence-electron chi connectivity index (χ2n) is 0. The Labute approximate surface area is 102 Å². The average Bonchev–Trinajstić information content (AvgIpc) is 0. The summed E-state index contributed by atoms with van der Waals surface area (Å²) >= 11 is 0. The Morgan fingerprint density at radius 3 is 0.571 bits per heavy atom. The number of hydrogen-bond acceptors (Lipinski definition) is 0. The zero-order chi connectivity index (χ0) is 0. The molecule has 0 aliphatic carbocycles. The molecule has 0 unspecified atom stereocenters. The van der Waals surface area contributed by atoms with Crippen LogP contribution in [0.3, 0.4) is 0 Å². The van der Waals surface area contributed by atoms with Gasteiger partial charge in [-0.2, -0.15) is 0 Å². The number of rotatable bonds is 0. The number of hydrogen-bond donors (Lipinski definition) is 0. The third-order valence-corrected chi connectivity index (χ3v) is 0. The summed E-state index contributed by atoms with van der Waals surface area (Å²) in [5, 5.41) is 0. The van der Waals surface area contributed by atoms with Crippen molar-refractivity contribution in [3.63, 3.8) is 0 Å². The van der Waals surface area contributed by atoms with Crippen molar-refractivity contribution in [1.29, 1.82) is 0 Å². The molecule has 0 saturated carbocycles. The molecular weight excluding hydrogens is 259 g/mol. The summed E-state index contributed by atoms with van der Waals surface area (Å²) in [4.78, 5) is 0. The van der Waals surface area contributed by atoms with Crippen molar-refractivity contribution in [2.75, 3.05) is 0 Å². The van der Waals surface area contributed by atoms with Gasteiger partial charge in [0, 0.05) is 0 Å². The molecule has 0 aromatic heterocycles. The maximum Gasteiger partial charge on any atom is 4.00 e. The molecule has 7 heavy (non-hydrogen) atoms. The quantitative estimate of drug-likeness (QED) is 0.402. The van der Waals surface area contributed by atoms with Crippen molar-refractivity contribution in [2.45, 2.75) is 0 Å². The first-order valence-electron chi connectivity index (χ1n) is 0. The third kappa shape index (κ3) is 56.9. The minimum atomic E-state index is 0. The van der Waals surface area contributed by atoms with Gasteiger partial charge >= 0.3 is 82.3 Å². The van der Waals surface area contributed by atoms with Gasteiger partial charge in [0.2, 0.25) is 0 Å². The first-order chi connectivity index (χ1) is 0. The van der Waals surface area contributed by atoms with Crippen LogP contribution < -0.4 is 18.9 Å². The van der Waals surface area contributed by atoms with Crippen LogP contribution in [0, 0.1) is 41.7 Å². The van der Waals surface area contributed by atoms with Gasteiger partial charge in [-0.25, -0.2) is 0 Å². The molecule has 0 rings (SSSR count). The predicted molar refractivity (Wildman–Crippen MR) is 2.75 cm³/mol. The van der Waals surface area contributed by atoms with Gasteiger partial charge in [0.15, 0.2) is 0 Å². The van der Waals surface area contributed by atoms with E-state index in [4.69, 9.17) is 0 Å². The van der Waals surface area contributed by atoms with Gasteiger partial charge in [-0.15, -0.1) is 0 Å². The summed E-state index contributed by atoms with van der Waals surface area (Å²) in [6.45, 7) is 0. The minimum absolute atomic E-state index is 0. The van der Waals surface area contributed by atoms with E-state index in [1.54, 1.807) is 0 Å². The minimum Gasteiger partial charge on any atom is -2.00 e. The Morgan fingerprint density at radius 2 is 0.571 bits per heavy atom. The van der Waals surface area contributed by atoms with E-state index >= 15 is 0 Å². The molecule has 0 fully saturated rings. The van der Waals surface area contributed by atoms with Gasteiger partial charge in [0.05, 0.1) is 0 Å². The first-order valence-corrected chi connectivity index (χ1v) is 0. The summed E-state index contributed by atoms with van der Waals surface area (Å²) in [6.07, 6.45) is 0. The van der Waals surface area contributed by atoms with Gasteiger partial charge in [0.1, 0.15) is 0 Å². The van der Waals surface area contributed by atoms with Crippen LogP contribution in [-0.4, -0.2) is 0 Å². The standard InChI is InChI=1S/Ce.Li.4O.Ti/q+3;+1;4*-2;+4. The SMILES string of the molecule is [Ce+3].[Li+].[O-2].[O-2].[O-2].[O-2].[Ti+4]. The Balaban J connectivity index is 0. The Morgan fingerprint density at radius 1 is 0.571 bits per heavy atom. The molecule has 7 heteroatoms. The van der Waals surface area contributed by atoms with Gasteiger partial charge < -0.3 is 21.9 Å². The summed E-state index contributed by atoms with van der Waals surface area (Å²) in [5.74, 6) is 0. The smallest absolute Gasteiger partial charge is 2.00 e. The van der Waals surface area contributed by atoms with Crippen LogP contribution in [0.1, 0.15) is 0 Å². The maximum absolute atomic E-state index is 0. The summed E-state index contributed by atoms with van der Waals surface area (Å²) in [6, 6.07) is 0. The van der Waals surface area contributed by atoms with E-state index in [0.717, 1.165) is 0 Å². The van der Waals surface area contributed by atoms with Crippen LogP contribution in [0.4, 0.5) is 0 Å². The van der Waals surface area contributed by atoms with Gasteiger partial charge in [0.25, 0.3) is 0 Å². The molecule has 0 saturated heterocycles. The molecule has 0 heterocycles. The van der Waals surface area contributed by atoms with Crippen molar-refractivity contribution in [1.82, 2.24) is 0 Å². The van der Waals surface area contributed by atoms with Gasteiger partial charge in [-0.1, -0.05) is 0 Å². The van der Waals surface area contributed by atoms with E-state index in [2.05, 4.69) is 0 Å². The zero-order valence-electron chi connectivity index (χ0n) is 3.63. The normalized spacial score (nSPS) is 0. The Bertz CT molecular complexity index is 11.7. The molecule has 0 atom stereocenters. The first kappa shape index (κ1) is 108. The Kier molecular flexibility index (Phi) is 1170. The molecule has 4 nitrogen and oxygen atoms in total.